The van der Waals surface area contributed by atoms with Crippen LogP contribution in [0.5, 0.6) is 5.75 Å². The van der Waals surface area contributed by atoms with Crippen LogP contribution in [0.2, 0.25) is 0 Å². The molecule has 0 radical (unpaired) electrons. The van der Waals surface area contributed by atoms with E-state index in [0.717, 1.165) is 28.8 Å². The SMILES string of the molecule is CCC[C@@H]1Oc2ccc(Br)cc2C[C@@H]1SCc1ccccc1. The standard InChI is InChI=1S/C19H21BrOS/c1-2-6-18-19(22-13-14-7-4-3-5-8-14)12-15-11-16(20)9-10-17(15)21-18/h3-5,7-11,18-19H,2,6,12-13H2,1H3/t18-,19-/m0/s1. The van der Waals surface area contributed by atoms with Gasteiger partial charge in [-0.3, -0.25) is 0 Å². The first-order chi connectivity index (χ1) is 10.8. The first-order valence-corrected chi connectivity index (χ1v) is 9.71. The molecule has 2 aromatic rings. The summed E-state index contributed by atoms with van der Waals surface area (Å²) in [6.07, 6.45) is 3.71. The van der Waals surface area contributed by atoms with Crippen LogP contribution in [0.4, 0.5) is 0 Å². The second kappa shape index (κ2) is 7.56. The average Bonchev–Trinajstić information content (AvgIpc) is 2.54. The van der Waals surface area contributed by atoms with Gasteiger partial charge in [-0.1, -0.05) is 59.6 Å². The predicted octanol–water partition coefficient (Wildman–Crippen LogP) is 5.85. The van der Waals surface area contributed by atoms with Crippen LogP contribution < -0.4 is 4.74 Å². The van der Waals surface area contributed by atoms with E-state index in [-0.39, 0.29) is 0 Å². The minimum atomic E-state index is 0.326. The molecule has 0 spiro atoms. The Morgan fingerprint density at radius 1 is 1.18 bits per heavy atom. The van der Waals surface area contributed by atoms with Gasteiger partial charge in [0.2, 0.25) is 0 Å². The molecule has 1 heterocycles. The van der Waals surface area contributed by atoms with Crippen LogP contribution >= 0.6 is 27.7 Å². The van der Waals surface area contributed by atoms with Gasteiger partial charge in [0.05, 0.1) is 0 Å². The fraction of sp³-hybridized carbons (Fsp3) is 0.368. The Hall–Kier alpha value is -0.930. The molecule has 0 N–H and O–H groups in total. The summed E-state index contributed by atoms with van der Waals surface area (Å²) in [4.78, 5) is 0. The molecule has 0 saturated carbocycles. The summed E-state index contributed by atoms with van der Waals surface area (Å²) in [5.74, 6) is 2.12. The lowest BCUT2D eigenvalue weighted by atomic mass is 9.99. The summed E-state index contributed by atoms with van der Waals surface area (Å²) in [5, 5.41) is 0.530. The van der Waals surface area contributed by atoms with Gasteiger partial charge >= 0.3 is 0 Å². The van der Waals surface area contributed by atoms with Crippen molar-refractivity contribution in [3.63, 3.8) is 0 Å². The molecule has 1 aliphatic rings. The molecule has 0 saturated heterocycles. The van der Waals surface area contributed by atoms with Crippen molar-refractivity contribution in [3.8, 4) is 5.75 Å². The van der Waals surface area contributed by atoms with Gasteiger partial charge in [-0.15, -0.1) is 11.8 Å². The number of halogens is 1. The number of benzene rings is 2. The van der Waals surface area contributed by atoms with E-state index in [2.05, 4.69) is 71.4 Å². The normalized spacial score (nSPS) is 20.3. The van der Waals surface area contributed by atoms with E-state index < -0.39 is 0 Å². The number of hydrogen-bond acceptors (Lipinski definition) is 2. The molecule has 3 heteroatoms. The molecule has 0 unspecified atom stereocenters. The van der Waals surface area contributed by atoms with Crippen LogP contribution in [0, 0.1) is 0 Å². The number of hydrogen-bond donors (Lipinski definition) is 0. The molecule has 0 aliphatic carbocycles. The Morgan fingerprint density at radius 2 is 2.00 bits per heavy atom. The molecular formula is C19H21BrOS. The van der Waals surface area contributed by atoms with Crippen molar-refractivity contribution in [2.75, 3.05) is 0 Å². The highest BCUT2D eigenvalue weighted by atomic mass is 79.9. The fourth-order valence-corrected chi connectivity index (χ4v) is 4.59. The van der Waals surface area contributed by atoms with Gasteiger partial charge in [-0.05, 0) is 42.2 Å². The highest BCUT2D eigenvalue weighted by Crippen LogP contribution is 2.37. The lowest BCUT2D eigenvalue weighted by Gasteiger charge is -2.33. The summed E-state index contributed by atoms with van der Waals surface area (Å²) >= 11 is 5.60. The highest BCUT2D eigenvalue weighted by molar-refractivity contribution is 9.10. The molecule has 2 aromatic carbocycles. The van der Waals surface area contributed by atoms with E-state index >= 15 is 0 Å². The van der Waals surface area contributed by atoms with Gasteiger partial charge in [0.25, 0.3) is 0 Å². The van der Waals surface area contributed by atoms with Gasteiger partial charge in [0, 0.05) is 15.5 Å². The first kappa shape index (κ1) is 15.9. The molecule has 0 amide bonds. The molecule has 3 rings (SSSR count). The molecule has 0 fully saturated rings. The second-order valence-electron chi connectivity index (χ2n) is 5.74. The van der Waals surface area contributed by atoms with Crippen molar-refractivity contribution in [1.29, 1.82) is 0 Å². The van der Waals surface area contributed by atoms with Gasteiger partial charge < -0.3 is 4.74 Å². The van der Waals surface area contributed by atoms with E-state index in [1.165, 1.54) is 17.5 Å². The van der Waals surface area contributed by atoms with Gasteiger partial charge in [0.15, 0.2) is 0 Å². The Kier molecular flexibility index (Phi) is 5.48. The van der Waals surface area contributed by atoms with Crippen molar-refractivity contribution in [2.24, 2.45) is 0 Å². The van der Waals surface area contributed by atoms with Gasteiger partial charge in [-0.25, -0.2) is 0 Å². The number of ether oxygens (including phenoxy) is 1. The van der Waals surface area contributed by atoms with Crippen LogP contribution in [0.3, 0.4) is 0 Å². The molecule has 0 bridgehead atoms. The maximum absolute atomic E-state index is 6.29. The van der Waals surface area contributed by atoms with Gasteiger partial charge in [0.1, 0.15) is 11.9 Å². The zero-order valence-corrected chi connectivity index (χ0v) is 15.2. The monoisotopic (exact) mass is 376 g/mol. The number of rotatable bonds is 5. The molecule has 2 atom stereocenters. The van der Waals surface area contributed by atoms with E-state index in [1.54, 1.807) is 0 Å². The van der Waals surface area contributed by atoms with Crippen molar-refractivity contribution in [2.45, 2.75) is 43.3 Å². The minimum absolute atomic E-state index is 0.326. The van der Waals surface area contributed by atoms with E-state index in [0.29, 0.717) is 11.4 Å². The van der Waals surface area contributed by atoms with Crippen LogP contribution in [0.1, 0.15) is 30.9 Å². The van der Waals surface area contributed by atoms with Crippen molar-refractivity contribution < 1.29 is 4.74 Å². The third-order valence-corrected chi connectivity index (χ3v) is 5.91. The zero-order chi connectivity index (χ0) is 15.4. The van der Waals surface area contributed by atoms with Crippen LogP contribution in [0.25, 0.3) is 0 Å². The summed E-state index contributed by atoms with van der Waals surface area (Å²) < 4.78 is 7.42. The largest absolute Gasteiger partial charge is 0.489 e. The first-order valence-electron chi connectivity index (χ1n) is 7.87. The number of thioether (sulfide) groups is 1. The Bertz CT molecular complexity index is 614. The van der Waals surface area contributed by atoms with E-state index in [4.69, 9.17) is 4.74 Å². The van der Waals surface area contributed by atoms with E-state index in [1.807, 2.05) is 11.8 Å². The third kappa shape index (κ3) is 3.88. The fourth-order valence-electron chi connectivity index (χ4n) is 2.88. The lowest BCUT2D eigenvalue weighted by molar-refractivity contribution is 0.169. The lowest BCUT2D eigenvalue weighted by Crippen LogP contribution is -2.35. The van der Waals surface area contributed by atoms with Crippen LogP contribution in [-0.4, -0.2) is 11.4 Å². The molecule has 1 aliphatic heterocycles. The Morgan fingerprint density at radius 3 is 2.77 bits per heavy atom. The molecule has 0 aromatic heterocycles. The topological polar surface area (TPSA) is 9.23 Å². The van der Waals surface area contributed by atoms with Crippen LogP contribution in [-0.2, 0) is 12.2 Å². The predicted molar refractivity (Wildman–Crippen MR) is 98.7 cm³/mol. The Balaban J connectivity index is 1.73. The van der Waals surface area contributed by atoms with Gasteiger partial charge in [-0.2, -0.15) is 0 Å². The summed E-state index contributed by atoms with van der Waals surface area (Å²) in [6, 6.07) is 17.1. The second-order valence-corrected chi connectivity index (χ2v) is 7.88. The third-order valence-electron chi connectivity index (χ3n) is 4.02. The average molecular weight is 377 g/mol. The smallest absolute Gasteiger partial charge is 0.123 e. The van der Waals surface area contributed by atoms with Crippen molar-refractivity contribution in [1.82, 2.24) is 0 Å². The summed E-state index contributed by atoms with van der Waals surface area (Å²) in [5.41, 5.74) is 2.72. The Labute approximate surface area is 145 Å². The van der Waals surface area contributed by atoms with Crippen molar-refractivity contribution in [3.05, 3.63) is 64.1 Å². The maximum Gasteiger partial charge on any atom is 0.123 e. The zero-order valence-electron chi connectivity index (χ0n) is 12.8. The van der Waals surface area contributed by atoms with Crippen molar-refractivity contribution >= 4 is 27.7 Å². The molecule has 116 valence electrons. The maximum atomic E-state index is 6.29. The minimum Gasteiger partial charge on any atom is -0.489 e. The molecular weight excluding hydrogens is 356 g/mol. The van der Waals surface area contributed by atoms with Crippen LogP contribution in [0.15, 0.2) is 53.0 Å². The quantitative estimate of drug-likeness (QED) is 0.646. The summed E-state index contributed by atoms with van der Waals surface area (Å²) in [7, 11) is 0. The molecule has 22 heavy (non-hydrogen) atoms. The molecule has 1 nitrogen and oxygen atoms in total. The highest BCUT2D eigenvalue weighted by Gasteiger charge is 2.29. The number of fused-ring (bicyclic) bond motifs is 1. The summed E-state index contributed by atoms with van der Waals surface area (Å²) in [6.45, 7) is 2.24. The van der Waals surface area contributed by atoms with E-state index in [9.17, 15) is 0 Å².